The average molecular weight is 335 g/mol. The van der Waals surface area contributed by atoms with Crippen molar-refractivity contribution in [1.29, 1.82) is 0 Å². The summed E-state index contributed by atoms with van der Waals surface area (Å²) in [7, 11) is 0. The van der Waals surface area contributed by atoms with Gasteiger partial charge in [-0.2, -0.15) is 0 Å². The van der Waals surface area contributed by atoms with Crippen LogP contribution in [-0.2, 0) is 4.74 Å². The Hall–Kier alpha value is -1.26. The van der Waals surface area contributed by atoms with Crippen LogP contribution in [-0.4, -0.2) is 39.0 Å². The molecule has 0 amide bonds. The molecule has 2 N–H and O–H groups in total. The van der Waals surface area contributed by atoms with E-state index in [1.54, 1.807) is 0 Å². The zero-order valence-corrected chi connectivity index (χ0v) is 15.2. The molecule has 1 unspecified atom stereocenters. The van der Waals surface area contributed by atoms with Gasteiger partial charge in [0, 0.05) is 38.0 Å². The van der Waals surface area contributed by atoms with E-state index in [1.165, 1.54) is 38.5 Å². The molecule has 4 heteroatoms. The third-order valence-corrected chi connectivity index (χ3v) is 4.38. The Morgan fingerprint density at radius 3 is 2.92 bits per heavy atom. The van der Waals surface area contributed by atoms with Gasteiger partial charge in [-0.3, -0.25) is 0 Å². The van der Waals surface area contributed by atoms with Crippen LogP contribution in [0.3, 0.4) is 0 Å². The van der Waals surface area contributed by atoms with Gasteiger partial charge in [0.15, 0.2) is 0 Å². The Labute approximate surface area is 147 Å². The lowest BCUT2D eigenvalue weighted by molar-refractivity contribution is 0.110. The van der Waals surface area contributed by atoms with Gasteiger partial charge in [-0.25, -0.2) is 0 Å². The molecule has 1 atom stereocenters. The zero-order valence-electron chi connectivity index (χ0n) is 15.2. The molecule has 1 aliphatic heterocycles. The highest BCUT2D eigenvalue weighted by molar-refractivity contribution is 5.48. The minimum absolute atomic E-state index is 0.416. The fourth-order valence-corrected chi connectivity index (χ4v) is 2.96. The molecule has 0 aliphatic carbocycles. The predicted molar refractivity (Wildman–Crippen MR) is 101 cm³/mol. The van der Waals surface area contributed by atoms with Crippen molar-refractivity contribution in [2.45, 2.75) is 58.0 Å². The molecule has 1 aromatic rings. The summed E-state index contributed by atoms with van der Waals surface area (Å²) in [6.07, 6.45) is 9.16. The number of rotatable bonds is 13. The van der Waals surface area contributed by atoms with E-state index in [-0.39, 0.29) is 0 Å². The van der Waals surface area contributed by atoms with Crippen molar-refractivity contribution >= 4 is 5.69 Å². The standard InChI is InChI=1S/C20H34N2O2/c1-2-3-4-5-6-14-23-19-10-7-9-18(16-19)22-13-12-21-17-20-11-8-15-24-20/h7,9-10,16,20-22H,2-6,8,11-15,17H2,1H3. The SMILES string of the molecule is CCCCCCCOc1cccc(NCCNCC2CCCO2)c1. The molecule has 1 saturated heterocycles. The number of nitrogens with one attached hydrogen (secondary N) is 2. The first-order chi connectivity index (χ1) is 11.9. The molecule has 4 nitrogen and oxygen atoms in total. The minimum atomic E-state index is 0.416. The summed E-state index contributed by atoms with van der Waals surface area (Å²) in [6.45, 7) is 6.80. The lowest BCUT2D eigenvalue weighted by Gasteiger charge is -2.12. The maximum atomic E-state index is 5.85. The fraction of sp³-hybridized carbons (Fsp3) is 0.700. The molecule has 1 aliphatic rings. The van der Waals surface area contributed by atoms with Crippen LogP contribution in [0.2, 0.25) is 0 Å². The van der Waals surface area contributed by atoms with Crippen molar-refractivity contribution in [2.75, 3.05) is 38.2 Å². The maximum absolute atomic E-state index is 5.85. The van der Waals surface area contributed by atoms with Crippen molar-refractivity contribution in [3.63, 3.8) is 0 Å². The number of anilines is 1. The fourth-order valence-electron chi connectivity index (χ4n) is 2.96. The van der Waals surface area contributed by atoms with Gasteiger partial charge in [0.1, 0.15) is 5.75 Å². The molecule has 1 aromatic carbocycles. The molecule has 1 heterocycles. The van der Waals surface area contributed by atoms with E-state index in [0.717, 1.165) is 50.7 Å². The van der Waals surface area contributed by atoms with E-state index in [2.05, 4.69) is 35.8 Å². The number of ether oxygens (including phenoxy) is 2. The smallest absolute Gasteiger partial charge is 0.121 e. The van der Waals surface area contributed by atoms with Crippen molar-refractivity contribution in [2.24, 2.45) is 0 Å². The van der Waals surface area contributed by atoms with Gasteiger partial charge < -0.3 is 20.1 Å². The Balaban J connectivity index is 1.54. The molecule has 0 bridgehead atoms. The molecule has 0 aromatic heterocycles. The van der Waals surface area contributed by atoms with Crippen LogP contribution in [0, 0.1) is 0 Å². The van der Waals surface area contributed by atoms with Gasteiger partial charge in [-0.1, -0.05) is 38.7 Å². The second-order valence-electron chi connectivity index (χ2n) is 6.56. The summed E-state index contributed by atoms with van der Waals surface area (Å²) in [5.74, 6) is 0.961. The van der Waals surface area contributed by atoms with E-state index in [0.29, 0.717) is 6.10 Å². The van der Waals surface area contributed by atoms with Crippen LogP contribution in [0.1, 0.15) is 51.9 Å². The molecule has 0 radical (unpaired) electrons. The van der Waals surface area contributed by atoms with E-state index in [1.807, 2.05) is 6.07 Å². The molecule has 2 rings (SSSR count). The van der Waals surface area contributed by atoms with Gasteiger partial charge in [-0.05, 0) is 31.4 Å². The monoisotopic (exact) mass is 334 g/mol. The summed E-state index contributed by atoms with van der Waals surface area (Å²) in [6, 6.07) is 8.27. The minimum Gasteiger partial charge on any atom is -0.494 e. The first-order valence-corrected chi connectivity index (χ1v) is 9.67. The van der Waals surface area contributed by atoms with Crippen LogP contribution in [0.5, 0.6) is 5.75 Å². The number of hydrogen-bond donors (Lipinski definition) is 2. The highest BCUT2D eigenvalue weighted by Crippen LogP contribution is 2.17. The van der Waals surface area contributed by atoms with Gasteiger partial charge in [0.05, 0.1) is 12.7 Å². The van der Waals surface area contributed by atoms with Crippen molar-refractivity contribution in [3.8, 4) is 5.75 Å². The molecule has 0 spiro atoms. The van der Waals surface area contributed by atoms with E-state index in [9.17, 15) is 0 Å². The van der Waals surface area contributed by atoms with Crippen LogP contribution < -0.4 is 15.4 Å². The summed E-state index contributed by atoms with van der Waals surface area (Å²) < 4.78 is 11.5. The molecule has 136 valence electrons. The third kappa shape index (κ3) is 8.02. The summed E-state index contributed by atoms with van der Waals surface area (Å²) in [5, 5.41) is 6.90. The van der Waals surface area contributed by atoms with Crippen LogP contribution in [0.25, 0.3) is 0 Å². The van der Waals surface area contributed by atoms with Crippen LogP contribution in [0.15, 0.2) is 24.3 Å². The molecular formula is C20H34N2O2. The van der Waals surface area contributed by atoms with E-state index < -0.39 is 0 Å². The van der Waals surface area contributed by atoms with Gasteiger partial charge in [-0.15, -0.1) is 0 Å². The average Bonchev–Trinajstić information content (AvgIpc) is 3.11. The zero-order chi connectivity index (χ0) is 16.9. The third-order valence-electron chi connectivity index (χ3n) is 4.38. The topological polar surface area (TPSA) is 42.5 Å². The Bertz CT molecular complexity index is 433. The second kappa shape index (κ2) is 12.2. The quantitative estimate of drug-likeness (QED) is 0.530. The molecular weight excluding hydrogens is 300 g/mol. The first kappa shape index (κ1) is 19.1. The largest absolute Gasteiger partial charge is 0.494 e. The van der Waals surface area contributed by atoms with Gasteiger partial charge >= 0.3 is 0 Å². The van der Waals surface area contributed by atoms with Crippen LogP contribution >= 0.6 is 0 Å². The Morgan fingerprint density at radius 2 is 2.08 bits per heavy atom. The maximum Gasteiger partial charge on any atom is 0.121 e. The van der Waals surface area contributed by atoms with Gasteiger partial charge in [0.2, 0.25) is 0 Å². The normalized spacial score (nSPS) is 17.1. The Kier molecular flexibility index (Phi) is 9.66. The van der Waals surface area contributed by atoms with Crippen molar-refractivity contribution in [1.82, 2.24) is 5.32 Å². The second-order valence-corrected chi connectivity index (χ2v) is 6.56. The molecule has 24 heavy (non-hydrogen) atoms. The summed E-state index contributed by atoms with van der Waals surface area (Å²) in [4.78, 5) is 0. The summed E-state index contributed by atoms with van der Waals surface area (Å²) in [5.41, 5.74) is 1.12. The van der Waals surface area contributed by atoms with Crippen molar-refractivity contribution in [3.05, 3.63) is 24.3 Å². The highest BCUT2D eigenvalue weighted by atomic mass is 16.5. The first-order valence-electron chi connectivity index (χ1n) is 9.67. The molecule has 0 saturated carbocycles. The number of unbranched alkanes of at least 4 members (excludes halogenated alkanes) is 4. The summed E-state index contributed by atoms with van der Waals surface area (Å²) >= 11 is 0. The van der Waals surface area contributed by atoms with Crippen LogP contribution in [0.4, 0.5) is 5.69 Å². The molecule has 1 fully saturated rings. The number of benzene rings is 1. The predicted octanol–water partition coefficient (Wildman–Crippen LogP) is 4.22. The number of hydrogen-bond acceptors (Lipinski definition) is 4. The lowest BCUT2D eigenvalue weighted by Crippen LogP contribution is -2.30. The van der Waals surface area contributed by atoms with E-state index >= 15 is 0 Å². The van der Waals surface area contributed by atoms with Crippen molar-refractivity contribution < 1.29 is 9.47 Å². The van der Waals surface area contributed by atoms with E-state index in [4.69, 9.17) is 9.47 Å². The highest BCUT2D eigenvalue weighted by Gasteiger charge is 2.13. The lowest BCUT2D eigenvalue weighted by atomic mass is 10.2. The van der Waals surface area contributed by atoms with Gasteiger partial charge in [0.25, 0.3) is 0 Å². The Morgan fingerprint density at radius 1 is 1.17 bits per heavy atom.